The molecule has 1 aromatic carbocycles. The molecule has 6 heteroatoms. The lowest BCUT2D eigenvalue weighted by atomic mass is 10.0. The normalized spacial score (nSPS) is 17.4. The fraction of sp³-hybridized carbons (Fsp3) is 0.389. The second-order valence-electron chi connectivity index (χ2n) is 6.06. The van der Waals surface area contributed by atoms with Crippen LogP contribution in [0.4, 0.5) is 5.69 Å². The Morgan fingerprint density at radius 3 is 2.67 bits per heavy atom. The number of hydrogen-bond acceptors (Lipinski definition) is 4. The molecule has 0 aliphatic carbocycles. The molecular formula is C18H19N4O2+. The number of benzene rings is 1. The molecule has 1 amide bonds. The summed E-state index contributed by atoms with van der Waals surface area (Å²) in [6.45, 7) is 6.69. The van der Waals surface area contributed by atoms with Crippen molar-refractivity contribution in [3.05, 3.63) is 34.9 Å². The number of fused-ring (bicyclic) bond motifs is 1. The van der Waals surface area contributed by atoms with E-state index in [0.29, 0.717) is 12.1 Å². The largest absolute Gasteiger partial charge is 0.370 e. The van der Waals surface area contributed by atoms with Crippen LogP contribution in [-0.2, 0) is 9.53 Å². The highest BCUT2D eigenvalue weighted by molar-refractivity contribution is 6.34. The Bertz CT molecular complexity index is 763. The van der Waals surface area contributed by atoms with Gasteiger partial charge in [-0.2, -0.15) is 10.5 Å². The van der Waals surface area contributed by atoms with Crippen LogP contribution < -0.4 is 9.80 Å². The van der Waals surface area contributed by atoms with E-state index in [4.69, 9.17) is 4.74 Å². The highest BCUT2D eigenvalue weighted by atomic mass is 16.5. The van der Waals surface area contributed by atoms with Crippen LogP contribution >= 0.6 is 0 Å². The molecule has 2 heterocycles. The van der Waals surface area contributed by atoms with Gasteiger partial charge in [-0.3, -0.25) is 4.79 Å². The number of hydrogen-bond donors (Lipinski definition) is 1. The zero-order valence-corrected chi connectivity index (χ0v) is 13.6. The zero-order chi connectivity index (χ0) is 17.1. The van der Waals surface area contributed by atoms with Crippen LogP contribution in [-0.4, -0.2) is 45.3 Å². The van der Waals surface area contributed by atoms with E-state index in [1.807, 2.05) is 37.3 Å². The summed E-state index contributed by atoms with van der Waals surface area (Å²) in [7, 11) is 0. The number of anilines is 1. The highest BCUT2D eigenvalue weighted by Crippen LogP contribution is 2.38. The van der Waals surface area contributed by atoms with Crippen LogP contribution in [0.3, 0.4) is 0 Å². The van der Waals surface area contributed by atoms with E-state index in [9.17, 15) is 15.3 Å². The van der Waals surface area contributed by atoms with E-state index < -0.39 is 0 Å². The summed E-state index contributed by atoms with van der Waals surface area (Å²) in [5.41, 5.74) is 2.59. The highest BCUT2D eigenvalue weighted by Gasteiger charge is 2.35. The number of quaternary nitrogens is 1. The average Bonchev–Trinajstić information content (AvgIpc) is 2.87. The molecule has 0 bridgehead atoms. The lowest BCUT2D eigenvalue weighted by Gasteiger charge is -2.26. The summed E-state index contributed by atoms with van der Waals surface area (Å²) in [5, 5.41) is 18.4. The standard InChI is InChI=1S/C18H18N4O2/c1-13-2-3-16-15(10-13)17(14(11-19)12-20)18(23)22(16)5-4-21-6-8-24-9-7-21/h2-3,10H,4-9H2,1H3/p+1. The van der Waals surface area contributed by atoms with E-state index in [-0.39, 0.29) is 17.1 Å². The van der Waals surface area contributed by atoms with Gasteiger partial charge in [-0.25, -0.2) is 0 Å². The van der Waals surface area contributed by atoms with E-state index in [0.717, 1.165) is 44.1 Å². The van der Waals surface area contributed by atoms with E-state index >= 15 is 0 Å². The number of carbonyl (C=O) groups is 1. The molecule has 0 aromatic heterocycles. The summed E-state index contributed by atoms with van der Waals surface area (Å²) < 4.78 is 5.36. The molecule has 1 fully saturated rings. The number of rotatable bonds is 3. The van der Waals surface area contributed by atoms with Crippen molar-refractivity contribution < 1.29 is 14.4 Å². The average molecular weight is 323 g/mol. The minimum atomic E-state index is -0.249. The monoisotopic (exact) mass is 323 g/mol. The second-order valence-corrected chi connectivity index (χ2v) is 6.06. The summed E-state index contributed by atoms with van der Waals surface area (Å²) >= 11 is 0. The lowest BCUT2D eigenvalue weighted by molar-refractivity contribution is -0.906. The first-order valence-corrected chi connectivity index (χ1v) is 8.04. The topological polar surface area (TPSA) is 81.6 Å². The first-order valence-electron chi connectivity index (χ1n) is 8.04. The molecule has 6 nitrogen and oxygen atoms in total. The van der Waals surface area contributed by atoms with E-state index in [2.05, 4.69) is 0 Å². The van der Waals surface area contributed by atoms with Crippen LogP contribution in [0.15, 0.2) is 23.8 Å². The van der Waals surface area contributed by atoms with Crippen molar-refractivity contribution in [3.8, 4) is 12.1 Å². The maximum absolute atomic E-state index is 12.8. The predicted molar refractivity (Wildman–Crippen MR) is 88.1 cm³/mol. The minimum Gasteiger partial charge on any atom is -0.370 e. The quantitative estimate of drug-likeness (QED) is 0.630. The van der Waals surface area contributed by atoms with E-state index in [1.54, 1.807) is 4.90 Å². The van der Waals surface area contributed by atoms with Crippen molar-refractivity contribution in [1.82, 2.24) is 0 Å². The van der Waals surface area contributed by atoms with Crippen LogP contribution in [0.2, 0.25) is 0 Å². The number of allylic oxidation sites excluding steroid dienone is 1. The van der Waals surface area contributed by atoms with Crippen molar-refractivity contribution in [2.45, 2.75) is 6.92 Å². The number of nitriles is 2. The summed E-state index contributed by atoms with van der Waals surface area (Å²) in [6, 6.07) is 9.44. The Labute approximate surface area is 141 Å². The maximum Gasteiger partial charge on any atom is 0.261 e. The van der Waals surface area contributed by atoms with Crippen molar-refractivity contribution >= 4 is 17.2 Å². The molecule has 2 aliphatic heterocycles. The van der Waals surface area contributed by atoms with Gasteiger partial charge in [0.2, 0.25) is 0 Å². The molecule has 3 rings (SSSR count). The van der Waals surface area contributed by atoms with Gasteiger partial charge in [0.15, 0.2) is 0 Å². The molecule has 1 aromatic rings. The SMILES string of the molecule is Cc1ccc2c(c1)C(=C(C#N)C#N)C(=O)N2CC[NH+]1CCOCC1. The zero-order valence-electron chi connectivity index (χ0n) is 13.6. The van der Waals surface area contributed by atoms with Gasteiger partial charge < -0.3 is 14.5 Å². The molecule has 0 unspecified atom stereocenters. The molecule has 0 radical (unpaired) electrons. The molecule has 0 atom stereocenters. The minimum absolute atomic E-state index is 0.118. The number of morpholine rings is 1. The first kappa shape index (κ1) is 16.2. The third-order valence-corrected chi connectivity index (χ3v) is 4.53. The number of nitrogens with zero attached hydrogens (tertiary/aromatic N) is 3. The molecule has 1 saturated heterocycles. The Balaban J connectivity index is 1.92. The Kier molecular flexibility index (Phi) is 4.61. The number of nitrogens with one attached hydrogen (secondary N) is 1. The van der Waals surface area contributed by atoms with Gasteiger partial charge >= 0.3 is 0 Å². The van der Waals surface area contributed by atoms with E-state index in [1.165, 1.54) is 4.90 Å². The number of carbonyl (C=O) groups excluding carboxylic acids is 1. The third kappa shape index (κ3) is 2.90. The molecule has 1 N–H and O–H groups in total. The van der Waals surface area contributed by atoms with Gasteiger partial charge in [0.25, 0.3) is 5.91 Å². The van der Waals surface area contributed by atoms with Gasteiger partial charge in [-0.05, 0) is 19.1 Å². The molecule has 122 valence electrons. The van der Waals surface area contributed by atoms with Crippen LogP contribution in [0.5, 0.6) is 0 Å². The second kappa shape index (κ2) is 6.84. The fourth-order valence-corrected chi connectivity index (χ4v) is 3.23. The Morgan fingerprint density at radius 1 is 1.29 bits per heavy atom. The fourth-order valence-electron chi connectivity index (χ4n) is 3.23. The molecule has 0 saturated carbocycles. The van der Waals surface area contributed by atoms with Gasteiger partial charge in [0.1, 0.15) is 30.8 Å². The molecular weight excluding hydrogens is 304 g/mol. The van der Waals surface area contributed by atoms with Gasteiger partial charge in [-0.1, -0.05) is 11.6 Å². The molecule has 24 heavy (non-hydrogen) atoms. The molecule has 0 spiro atoms. The van der Waals surface area contributed by atoms with Crippen LogP contribution in [0.1, 0.15) is 11.1 Å². The smallest absolute Gasteiger partial charge is 0.261 e. The number of amides is 1. The maximum atomic E-state index is 12.8. The van der Waals surface area contributed by atoms with Gasteiger partial charge in [0, 0.05) is 5.56 Å². The number of ether oxygens (including phenoxy) is 1. The van der Waals surface area contributed by atoms with Crippen molar-refractivity contribution in [3.63, 3.8) is 0 Å². The lowest BCUT2D eigenvalue weighted by Crippen LogP contribution is -3.14. The van der Waals surface area contributed by atoms with Gasteiger partial charge in [0.05, 0.1) is 37.6 Å². The van der Waals surface area contributed by atoms with Gasteiger partial charge in [-0.15, -0.1) is 0 Å². The van der Waals surface area contributed by atoms with Crippen molar-refractivity contribution in [2.24, 2.45) is 0 Å². The van der Waals surface area contributed by atoms with Crippen LogP contribution in [0, 0.1) is 29.6 Å². The third-order valence-electron chi connectivity index (χ3n) is 4.53. The Hall–Kier alpha value is -2.67. The van der Waals surface area contributed by atoms with Crippen molar-refractivity contribution in [2.75, 3.05) is 44.3 Å². The summed E-state index contributed by atoms with van der Waals surface area (Å²) in [5.74, 6) is -0.249. The first-order chi connectivity index (χ1) is 11.7. The van der Waals surface area contributed by atoms with Crippen molar-refractivity contribution in [1.29, 1.82) is 10.5 Å². The molecule has 2 aliphatic rings. The van der Waals surface area contributed by atoms with Crippen LogP contribution in [0.25, 0.3) is 5.57 Å². The Morgan fingerprint density at radius 2 is 2.00 bits per heavy atom. The summed E-state index contributed by atoms with van der Waals surface area (Å²) in [6.07, 6.45) is 0. The predicted octanol–water partition coefficient (Wildman–Crippen LogP) is 0.0575. The number of aryl methyl sites for hydroxylation is 1. The summed E-state index contributed by atoms with van der Waals surface area (Å²) in [4.78, 5) is 15.9.